The smallest absolute Gasteiger partial charge is 0.254 e. The second kappa shape index (κ2) is 11.1. The first-order valence-corrected chi connectivity index (χ1v) is 12.0. The fraction of sp³-hybridized carbons (Fsp3) is 0.393. The number of benzene rings is 2. The van der Waals surface area contributed by atoms with Crippen LogP contribution in [0.25, 0.3) is 5.69 Å². The molecular formula is C28H36N4O2. The number of anilines is 1. The number of carbonyl (C=O) groups excluding carboxylic acids is 2. The first-order valence-electron chi connectivity index (χ1n) is 12.0. The fourth-order valence-electron chi connectivity index (χ4n) is 3.75. The standard InChI is InChI=1S/C28H36N4O2/c1-6-7-13-18-31(27(34)22-15-9-8-10-16-22)20-26(33)29-25-19-24(28(3,4)5)30-32(25)23-17-12-11-14-21(23)2/h8-12,14-17,19H,6-7,13,18,20H2,1-5H3,(H,29,33). The van der Waals surface area contributed by atoms with Gasteiger partial charge < -0.3 is 10.2 Å². The van der Waals surface area contributed by atoms with Gasteiger partial charge in [-0.3, -0.25) is 9.59 Å². The number of nitrogens with zero attached hydrogens (tertiary/aromatic N) is 3. The van der Waals surface area contributed by atoms with E-state index in [-0.39, 0.29) is 23.8 Å². The van der Waals surface area contributed by atoms with Gasteiger partial charge in [-0.1, -0.05) is 76.9 Å². The molecule has 0 aliphatic heterocycles. The van der Waals surface area contributed by atoms with Gasteiger partial charge in [-0.15, -0.1) is 0 Å². The third-order valence-electron chi connectivity index (χ3n) is 5.76. The van der Waals surface area contributed by atoms with Gasteiger partial charge in [-0.2, -0.15) is 5.10 Å². The van der Waals surface area contributed by atoms with Crippen molar-refractivity contribution in [1.29, 1.82) is 0 Å². The molecule has 0 spiro atoms. The third-order valence-corrected chi connectivity index (χ3v) is 5.76. The van der Waals surface area contributed by atoms with E-state index in [0.717, 1.165) is 36.2 Å². The molecular weight excluding hydrogens is 424 g/mol. The first-order chi connectivity index (χ1) is 16.2. The van der Waals surface area contributed by atoms with Gasteiger partial charge in [0.05, 0.1) is 11.4 Å². The summed E-state index contributed by atoms with van der Waals surface area (Å²) in [6.07, 6.45) is 2.91. The molecule has 0 saturated carbocycles. The number of para-hydroxylation sites is 1. The van der Waals surface area contributed by atoms with Crippen LogP contribution in [0.4, 0.5) is 5.82 Å². The number of aryl methyl sites for hydroxylation is 1. The molecule has 0 atom stereocenters. The Balaban J connectivity index is 1.85. The highest BCUT2D eigenvalue weighted by Crippen LogP contribution is 2.27. The molecule has 3 aromatic rings. The van der Waals surface area contributed by atoms with E-state index in [9.17, 15) is 9.59 Å². The Morgan fingerprint density at radius 3 is 2.32 bits per heavy atom. The number of unbranched alkanes of at least 4 members (excludes halogenated alkanes) is 2. The van der Waals surface area contributed by atoms with Gasteiger partial charge in [0.15, 0.2) is 0 Å². The molecule has 1 N–H and O–H groups in total. The van der Waals surface area contributed by atoms with Gasteiger partial charge in [0.2, 0.25) is 5.91 Å². The normalized spacial score (nSPS) is 11.3. The minimum atomic E-state index is -0.240. The summed E-state index contributed by atoms with van der Waals surface area (Å²) in [6.45, 7) is 11.0. The molecule has 1 aromatic heterocycles. The number of amides is 2. The first kappa shape index (κ1) is 25.2. The SMILES string of the molecule is CCCCCN(CC(=O)Nc1cc(C(C)(C)C)nn1-c1ccccc1C)C(=O)c1ccccc1. The zero-order valence-corrected chi connectivity index (χ0v) is 21.0. The van der Waals surface area contributed by atoms with Crippen molar-refractivity contribution >= 4 is 17.6 Å². The number of rotatable bonds is 9. The van der Waals surface area contributed by atoms with E-state index in [0.29, 0.717) is 17.9 Å². The number of hydrogen-bond donors (Lipinski definition) is 1. The van der Waals surface area contributed by atoms with Crippen LogP contribution in [0.5, 0.6) is 0 Å². The van der Waals surface area contributed by atoms with Crippen LogP contribution in [0.1, 0.15) is 68.6 Å². The molecule has 6 heteroatoms. The minimum absolute atomic E-state index is 0.0127. The average molecular weight is 461 g/mol. The van der Waals surface area contributed by atoms with E-state index in [1.165, 1.54) is 0 Å². The maximum Gasteiger partial charge on any atom is 0.254 e. The summed E-state index contributed by atoms with van der Waals surface area (Å²) in [5.74, 6) is 0.232. The summed E-state index contributed by atoms with van der Waals surface area (Å²) < 4.78 is 1.79. The molecule has 0 unspecified atom stereocenters. The Morgan fingerprint density at radius 1 is 1.00 bits per heavy atom. The van der Waals surface area contributed by atoms with Gasteiger partial charge >= 0.3 is 0 Å². The molecule has 6 nitrogen and oxygen atoms in total. The largest absolute Gasteiger partial charge is 0.329 e. The maximum atomic E-state index is 13.2. The van der Waals surface area contributed by atoms with Gasteiger partial charge in [-0.05, 0) is 37.1 Å². The number of nitrogens with one attached hydrogen (secondary N) is 1. The van der Waals surface area contributed by atoms with Crippen LogP contribution >= 0.6 is 0 Å². The van der Waals surface area contributed by atoms with Gasteiger partial charge in [-0.25, -0.2) is 4.68 Å². The van der Waals surface area contributed by atoms with Crippen molar-refractivity contribution in [3.05, 3.63) is 77.5 Å². The van der Waals surface area contributed by atoms with Crippen molar-refractivity contribution < 1.29 is 9.59 Å². The Kier molecular flexibility index (Phi) is 8.26. The average Bonchev–Trinajstić information content (AvgIpc) is 3.23. The van der Waals surface area contributed by atoms with Crippen LogP contribution in [0.3, 0.4) is 0 Å². The lowest BCUT2D eigenvalue weighted by atomic mass is 9.92. The summed E-state index contributed by atoms with van der Waals surface area (Å²) in [4.78, 5) is 27.9. The molecule has 0 bridgehead atoms. The summed E-state index contributed by atoms with van der Waals surface area (Å²) in [5, 5.41) is 7.83. The molecule has 0 saturated heterocycles. The van der Waals surface area contributed by atoms with Crippen LogP contribution in [-0.4, -0.2) is 39.6 Å². The number of aromatic nitrogens is 2. The van der Waals surface area contributed by atoms with Crippen molar-refractivity contribution in [2.75, 3.05) is 18.4 Å². The Hall–Kier alpha value is -3.41. The second-order valence-corrected chi connectivity index (χ2v) is 9.71. The molecule has 2 aromatic carbocycles. The highest BCUT2D eigenvalue weighted by atomic mass is 16.2. The van der Waals surface area contributed by atoms with Crippen LogP contribution in [0.15, 0.2) is 60.7 Å². The highest BCUT2D eigenvalue weighted by molar-refractivity contribution is 5.99. The van der Waals surface area contributed by atoms with E-state index >= 15 is 0 Å². The molecule has 3 rings (SSSR count). The topological polar surface area (TPSA) is 67.2 Å². The monoisotopic (exact) mass is 460 g/mol. The predicted octanol–water partition coefficient (Wildman–Crippen LogP) is 5.75. The van der Waals surface area contributed by atoms with Crippen molar-refractivity contribution in [3.63, 3.8) is 0 Å². The van der Waals surface area contributed by atoms with E-state index in [1.54, 1.807) is 21.7 Å². The molecule has 0 aliphatic rings. The Bertz CT molecular complexity index is 1110. The Labute approximate surface area is 203 Å². The lowest BCUT2D eigenvalue weighted by Crippen LogP contribution is -2.39. The maximum absolute atomic E-state index is 13.2. The summed E-state index contributed by atoms with van der Waals surface area (Å²) in [7, 11) is 0. The third kappa shape index (κ3) is 6.34. The molecule has 0 fully saturated rings. The molecule has 2 amide bonds. The lowest BCUT2D eigenvalue weighted by Gasteiger charge is -2.22. The van der Waals surface area contributed by atoms with Crippen LogP contribution in [-0.2, 0) is 10.2 Å². The molecule has 0 aliphatic carbocycles. The predicted molar refractivity (Wildman–Crippen MR) is 138 cm³/mol. The van der Waals surface area contributed by atoms with E-state index in [2.05, 4.69) is 33.0 Å². The van der Waals surface area contributed by atoms with Crippen LogP contribution in [0.2, 0.25) is 0 Å². The van der Waals surface area contributed by atoms with Gasteiger partial charge in [0.1, 0.15) is 12.4 Å². The molecule has 1 heterocycles. The summed E-state index contributed by atoms with van der Waals surface area (Å²) in [6, 6.07) is 19.0. The van der Waals surface area contributed by atoms with Crippen molar-refractivity contribution in [2.24, 2.45) is 0 Å². The molecule has 0 radical (unpaired) electrons. The quantitative estimate of drug-likeness (QED) is 0.414. The highest BCUT2D eigenvalue weighted by Gasteiger charge is 2.24. The van der Waals surface area contributed by atoms with Crippen LogP contribution < -0.4 is 5.32 Å². The number of carbonyl (C=O) groups is 2. The minimum Gasteiger partial charge on any atom is -0.329 e. The summed E-state index contributed by atoms with van der Waals surface area (Å²) >= 11 is 0. The van der Waals surface area contributed by atoms with Crippen molar-refractivity contribution in [2.45, 2.75) is 59.3 Å². The zero-order chi connectivity index (χ0) is 24.7. The molecule has 180 valence electrons. The zero-order valence-electron chi connectivity index (χ0n) is 21.0. The van der Waals surface area contributed by atoms with Gasteiger partial charge in [0.25, 0.3) is 5.91 Å². The second-order valence-electron chi connectivity index (χ2n) is 9.71. The number of hydrogen-bond acceptors (Lipinski definition) is 3. The van der Waals surface area contributed by atoms with Crippen molar-refractivity contribution in [3.8, 4) is 5.69 Å². The van der Waals surface area contributed by atoms with Crippen LogP contribution in [0, 0.1) is 6.92 Å². The fourth-order valence-corrected chi connectivity index (χ4v) is 3.75. The van der Waals surface area contributed by atoms with E-state index < -0.39 is 0 Å². The molecule has 34 heavy (non-hydrogen) atoms. The van der Waals surface area contributed by atoms with E-state index in [1.807, 2.05) is 55.5 Å². The van der Waals surface area contributed by atoms with E-state index in [4.69, 9.17) is 5.10 Å². The van der Waals surface area contributed by atoms with Gasteiger partial charge in [0, 0.05) is 23.6 Å². The lowest BCUT2D eigenvalue weighted by molar-refractivity contribution is -0.117. The summed E-state index contributed by atoms with van der Waals surface area (Å²) in [5.41, 5.74) is 3.26. The Morgan fingerprint density at radius 2 is 1.68 bits per heavy atom. The van der Waals surface area contributed by atoms with Crippen molar-refractivity contribution in [1.82, 2.24) is 14.7 Å².